The number of benzene rings is 1. The Bertz CT molecular complexity index is 921. The number of nitrogens with zero attached hydrogens (tertiary/aromatic N) is 4. The van der Waals surface area contributed by atoms with Crippen LogP contribution in [-0.4, -0.2) is 38.8 Å². The van der Waals surface area contributed by atoms with Crippen LogP contribution in [0.25, 0.3) is 0 Å². The molecule has 0 saturated carbocycles. The highest BCUT2D eigenvalue weighted by Crippen LogP contribution is 2.28. The van der Waals surface area contributed by atoms with E-state index in [0.29, 0.717) is 11.3 Å². The first-order chi connectivity index (χ1) is 12.8. The molecule has 1 aliphatic heterocycles. The van der Waals surface area contributed by atoms with E-state index in [0.717, 1.165) is 6.07 Å². The van der Waals surface area contributed by atoms with Gasteiger partial charge in [0.15, 0.2) is 0 Å². The number of anilines is 1. The standard InChI is InChI=1S/C17H15ClFN5O3/c18-12-5-11(6-13(19)7-12)8-21-15(25)17(27)1-3-24(16(17)26)14-9-22-23(10-14)4-2-20/h5-7,9-10,27H,1,3-4,8H2,(H,21,25). The Morgan fingerprint density at radius 3 is 2.96 bits per heavy atom. The first-order valence-electron chi connectivity index (χ1n) is 8.00. The van der Waals surface area contributed by atoms with Crippen molar-refractivity contribution in [3.63, 3.8) is 0 Å². The molecule has 2 aromatic rings. The van der Waals surface area contributed by atoms with Gasteiger partial charge in [0.05, 0.1) is 18.0 Å². The molecule has 1 saturated heterocycles. The SMILES string of the molecule is N#CCn1cc(N2CCC(O)(C(=O)NCc3cc(F)cc(Cl)c3)C2=O)cn1. The van der Waals surface area contributed by atoms with Gasteiger partial charge in [0.2, 0.25) is 5.60 Å². The number of nitriles is 1. The van der Waals surface area contributed by atoms with Crippen molar-refractivity contribution in [3.05, 3.63) is 47.0 Å². The van der Waals surface area contributed by atoms with Gasteiger partial charge in [-0.05, 0) is 23.8 Å². The van der Waals surface area contributed by atoms with Crippen LogP contribution in [0.4, 0.5) is 10.1 Å². The van der Waals surface area contributed by atoms with Crippen molar-refractivity contribution >= 4 is 29.1 Å². The molecule has 3 rings (SSSR count). The predicted molar refractivity (Wildman–Crippen MR) is 93.0 cm³/mol. The number of aliphatic hydroxyl groups is 1. The molecule has 1 aromatic carbocycles. The fourth-order valence-corrected chi connectivity index (χ4v) is 3.10. The molecule has 10 heteroatoms. The van der Waals surface area contributed by atoms with Crippen molar-refractivity contribution in [2.45, 2.75) is 25.1 Å². The number of rotatable bonds is 5. The summed E-state index contributed by atoms with van der Waals surface area (Å²) in [4.78, 5) is 26.2. The zero-order valence-corrected chi connectivity index (χ0v) is 14.8. The third-order valence-electron chi connectivity index (χ3n) is 4.21. The number of carbonyl (C=O) groups is 2. The van der Waals surface area contributed by atoms with Crippen LogP contribution < -0.4 is 10.2 Å². The van der Waals surface area contributed by atoms with Gasteiger partial charge in [0.1, 0.15) is 12.4 Å². The number of nitrogens with one attached hydrogen (secondary N) is 1. The molecule has 140 valence electrons. The van der Waals surface area contributed by atoms with Crippen LogP contribution >= 0.6 is 11.6 Å². The summed E-state index contributed by atoms with van der Waals surface area (Å²) in [6.07, 6.45) is 2.76. The highest BCUT2D eigenvalue weighted by Gasteiger charge is 2.51. The maximum Gasteiger partial charge on any atom is 0.268 e. The van der Waals surface area contributed by atoms with Gasteiger partial charge >= 0.3 is 0 Å². The Labute approximate surface area is 158 Å². The van der Waals surface area contributed by atoms with Crippen LogP contribution in [0.15, 0.2) is 30.6 Å². The molecule has 8 nitrogen and oxygen atoms in total. The fraction of sp³-hybridized carbons (Fsp3) is 0.294. The monoisotopic (exact) mass is 391 g/mol. The first-order valence-corrected chi connectivity index (χ1v) is 8.38. The summed E-state index contributed by atoms with van der Waals surface area (Å²) in [7, 11) is 0. The summed E-state index contributed by atoms with van der Waals surface area (Å²) in [5, 5.41) is 25.8. The van der Waals surface area contributed by atoms with Crippen LogP contribution in [0.1, 0.15) is 12.0 Å². The van der Waals surface area contributed by atoms with Crippen LogP contribution in [0, 0.1) is 17.1 Å². The van der Waals surface area contributed by atoms with Crippen molar-refractivity contribution in [2.75, 3.05) is 11.4 Å². The van der Waals surface area contributed by atoms with Crippen LogP contribution in [0.5, 0.6) is 0 Å². The van der Waals surface area contributed by atoms with Crippen LogP contribution in [0.3, 0.4) is 0 Å². The largest absolute Gasteiger partial charge is 0.372 e. The van der Waals surface area contributed by atoms with Gasteiger partial charge in [-0.2, -0.15) is 10.4 Å². The van der Waals surface area contributed by atoms with E-state index in [4.69, 9.17) is 16.9 Å². The van der Waals surface area contributed by atoms with Crippen LogP contribution in [-0.2, 0) is 22.7 Å². The molecular weight excluding hydrogens is 377 g/mol. The number of hydrogen-bond acceptors (Lipinski definition) is 5. The first kappa shape index (κ1) is 18.8. The van der Waals surface area contributed by atoms with Crippen LogP contribution in [0.2, 0.25) is 5.02 Å². The molecule has 0 bridgehead atoms. The van der Waals surface area contributed by atoms with Crippen molar-refractivity contribution in [1.82, 2.24) is 15.1 Å². The molecule has 1 atom stereocenters. The quantitative estimate of drug-likeness (QED) is 0.738. The lowest BCUT2D eigenvalue weighted by Gasteiger charge is -2.21. The van der Waals surface area contributed by atoms with E-state index in [9.17, 15) is 19.1 Å². The third-order valence-corrected chi connectivity index (χ3v) is 4.43. The van der Waals surface area contributed by atoms with Crippen molar-refractivity contribution in [1.29, 1.82) is 5.26 Å². The summed E-state index contributed by atoms with van der Waals surface area (Å²) in [6, 6.07) is 5.72. The average Bonchev–Trinajstić information content (AvgIpc) is 3.18. The van der Waals surface area contributed by atoms with Gasteiger partial charge in [0, 0.05) is 30.7 Å². The summed E-state index contributed by atoms with van der Waals surface area (Å²) < 4.78 is 14.7. The Balaban J connectivity index is 1.69. The van der Waals surface area contributed by atoms with Gasteiger partial charge in [-0.15, -0.1) is 0 Å². The van der Waals surface area contributed by atoms with Gasteiger partial charge in [-0.1, -0.05) is 11.6 Å². The average molecular weight is 392 g/mol. The molecule has 0 spiro atoms. The fourth-order valence-electron chi connectivity index (χ4n) is 2.85. The van der Waals surface area contributed by atoms with Gasteiger partial charge in [0.25, 0.3) is 11.8 Å². The van der Waals surface area contributed by atoms with E-state index in [-0.39, 0.29) is 31.1 Å². The van der Waals surface area contributed by atoms with Crippen molar-refractivity contribution < 1.29 is 19.1 Å². The van der Waals surface area contributed by atoms with Gasteiger partial charge in [-0.25, -0.2) is 4.39 Å². The number of hydrogen-bond donors (Lipinski definition) is 2. The lowest BCUT2D eigenvalue weighted by atomic mass is 10.0. The van der Waals surface area contributed by atoms with E-state index in [1.807, 2.05) is 6.07 Å². The summed E-state index contributed by atoms with van der Waals surface area (Å²) in [6.45, 7) is 0.0434. The van der Waals surface area contributed by atoms with Gasteiger partial charge < -0.3 is 15.3 Å². The lowest BCUT2D eigenvalue weighted by molar-refractivity contribution is -0.149. The highest BCUT2D eigenvalue weighted by atomic mass is 35.5. The maximum absolute atomic E-state index is 13.4. The molecule has 27 heavy (non-hydrogen) atoms. The van der Waals surface area contributed by atoms with Crippen molar-refractivity contribution in [2.24, 2.45) is 0 Å². The number of halogens is 2. The summed E-state index contributed by atoms with van der Waals surface area (Å²) >= 11 is 5.76. The molecule has 2 N–H and O–H groups in total. The number of amides is 2. The summed E-state index contributed by atoms with van der Waals surface area (Å²) in [5.41, 5.74) is -1.44. The van der Waals surface area contributed by atoms with Crippen molar-refractivity contribution in [3.8, 4) is 6.07 Å². The van der Waals surface area contributed by atoms with E-state index in [2.05, 4.69) is 10.4 Å². The predicted octanol–water partition coefficient (Wildman–Crippen LogP) is 0.983. The molecule has 1 unspecified atom stereocenters. The number of carbonyl (C=O) groups excluding carboxylic acids is 2. The molecular formula is C17H15ClFN5O3. The smallest absolute Gasteiger partial charge is 0.268 e. The normalized spacial score (nSPS) is 19.2. The molecule has 1 aliphatic rings. The number of aromatic nitrogens is 2. The molecule has 0 aliphatic carbocycles. The minimum Gasteiger partial charge on any atom is -0.372 e. The van der Waals surface area contributed by atoms with E-state index in [1.165, 1.54) is 34.1 Å². The Hall–Kier alpha value is -2.96. The third kappa shape index (κ3) is 3.77. The Morgan fingerprint density at radius 1 is 1.48 bits per heavy atom. The minimum absolute atomic E-state index is 0.0168. The second kappa shape index (κ2) is 7.34. The highest BCUT2D eigenvalue weighted by molar-refractivity contribution is 6.30. The topological polar surface area (TPSA) is 111 Å². The molecule has 1 fully saturated rings. The van der Waals surface area contributed by atoms with E-state index in [1.54, 1.807) is 0 Å². The van der Waals surface area contributed by atoms with E-state index < -0.39 is 23.2 Å². The molecule has 2 amide bonds. The zero-order valence-electron chi connectivity index (χ0n) is 14.0. The maximum atomic E-state index is 13.4. The summed E-state index contributed by atoms with van der Waals surface area (Å²) in [5.74, 6) is -2.21. The second-order valence-corrected chi connectivity index (χ2v) is 6.52. The lowest BCUT2D eigenvalue weighted by Crippen LogP contribution is -2.52. The van der Waals surface area contributed by atoms with Gasteiger partial charge in [-0.3, -0.25) is 14.3 Å². The zero-order chi connectivity index (χ0) is 19.6. The second-order valence-electron chi connectivity index (χ2n) is 6.08. The minimum atomic E-state index is -2.23. The molecule has 2 heterocycles. The molecule has 0 radical (unpaired) electrons. The van der Waals surface area contributed by atoms with E-state index >= 15 is 0 Å². The molecule has 1 aromatic heterocycles. The Morgan fingerprint density at radius 2 is 2.26 bits per heavy atom. The Kier molecular flexibility index (Phi) is 5.12.